The van der Waals surface area contributed by atoms with Crippen LogP contribution in [0.15, 0.2) is 24.3 Å². The third-order valence-electron chi connectivity index (χ3n) is 2.85. The van der Waals surface area contributed by atoms with Gasteiger partial charge in [0.15, 0.2) is 0 Å². The number of hydrogen-bond donors (Lipinski definition) is 0. The van der Waals surface area contributed by atoms with E-state index < -0.39 is 0 Å². The molecular weight excluding hydrogens is 218 g/mol. The fraction of sp³-hybridized carbons (Fsp3) is 0.462. The minimum absolute atomic E-state index is 0.173. The number of fused-ring (bicyclic) bond motifs is 1. The number of esters is 1. The topological polar surface area (TPSA) is 38.8 Å². The summed E-state index contributed by atoms with van der Waals surface area (Å²) < 4.78 is 10.3. The SMILES string of the molecule is COC(=O)CCN1CCCOc2ccccc21. The molecule has 1 aromatic rings. The number of anilines is 1. The Morgan fingerprint density at radius 2 is 2.29 bits per heavy atom. The summed E-state index contributed by atoms with van der Waals surface area (Å²) in [5.74, 6) is 0.725. The number of ether oxygens (including phenoxy) is 2. The summed E-state index contributed by atoms with van der Waals surface area (Å²) in [6.07, 6.45) is 1.38. The number of hydrogen-bond acceptors (Lipinski definition) is 4. The van der Waals surface area contributed by atoms with Gasteiger partial charge in [-0.15, -0.1) is 0 Å². The van der Waals surface area contributed by atoms with Crippen LogP contribution < -0.4 is 9.64 Å². The van der Waals surface area contributed by atoms with Crippen molar-refractivity contribution in [1.29, 1.82) is 0 Å². The van der Waals surface area contributed by atoms with Crippen LogP contribution >= 0.6 is 0 Å². The van der Waals surface area contributed by atoms with Gasteiger partial charge in [-0.05, 0) is 18.6 Å². The summed E-state index contributed by atoms with van der Waals surface area (Å²) >= 11 is 0. The Balaban J connectivity index is 2.09. The molecule has 0 saturated carbocycles. The fourth-order valence-electron chi connectivity index (χ4n) is 1.96. The second-order valence-electron chi connectivity index (χ2n) is 3.98. The Kier molecular flexibility index (Phi) is 3.85. The zero-order valence-corrected chi connectivity index (χ0v) is 10.0. The Labute approximate surface area is 101 Å². The van der Waals surface area contributed by atoms with Crippen molar-refractivity contribution in [2.45, 2.75) is 12.8 Å². The maximum atomic E-state index is 11.2. The van der Waals surface area contributed by atoms with E-state index in [1.807, 2.05) is 24.3 Å². The van der Waals surface area contributed by atoms with Crippen LogP contribution in [0.2, 0.25) is 0 Å². The standard InChI is InChI=1S/C13H17NO3/c1-16-13(15)7-9-14-8-4-10-17-12-6-3-2-5-11(12)14/h2-3,5-6H,4,7-10H2,1H3. The van der Waals surface area contributed by atoms with Crippen LogP contribution in [-0.4, -0.2) is 32.8 Å². The lowest BCUT2D eigenvalue weighted by Gasteiger charge is -2.23. The van der Waals surface area contributed by atoms with Crippen LogP contribution in [0.1, 0.15) is 12.8 Å². The summed E-state index contributed by atoms with van der Waals surface area (Å²) in [6, 6.07) is 7.94. The zero-order chi connectivity index (χ0) is 12.1. The maximum Gasteiger partial charge on any atom is 0.307 e. The summed E-state index contributed by atoms with van der Waals surface area (Å²) in [6.45, 7) is 2.31. The molecule has 17 heavy (non-hydrogen) atoms. The molecule has 0 unspecified atom stereocenters. The first-order valence-electron chi connectivity index (χ1n) is 5.85. The molecule has 1 heterocycles. The van der Waals surface area contributed by atoms with E-state index in [1.165, 1.54) is 7.11 Å². The van der Waals surface area contributed by atoms with Crippen molar-refractivity contribution < 1.29 is 14.3 Å². The number of carbonyl (C=O) groups excluding carboxylic acids is 1. The molecule has 0 N–H and O–H groups in total. The molecule has 1 aromatic carbocycles. The van der Waals surface area contributed by atoms with Crippen LogP contribution in [0.4, 0.5) is 5.69 Å². The molecule has 92 valence electrons. The van der Waals surface area contributed by atoms with E-state index in [1.54, 1.807) is 0 Å². The fourth-order valence-corrected chi connectivity index (χ4v) is 1.96. The molecule has 0 aromatic heterocycles. The van der Waals surface area contributed by atoms with Crippen molar-refractivity contribution in [2.75, 3.05) is 31.7 Å². The number of rotatable bonds is 3. The first-order chi connectivity index (χ1) is 8.31. The van der Waals surface area contributed by atoms with Gasteiger partial charge < -0.3 is 14.4 Å². The van der Waals surface area contributed by atoms with E-state index >= 15 is 0 Å². The van der Waals surface area contributed by atoms with Crippen LogP contribution in [-0.2, 0) is 9.53 Å². The quantitative estimate of drug-likeness (QED) is 0.749. The first-order valence-corrected chi connectivity index (χ1v) is 5.85. The predicted octanol–water partition coefficient (Wildman–Crippen LogP) is 1.84. The summed E-state index contributed by atoms with van der Waals surface area (Å²) in [7, 11) is 1.42. The minimum Gasteiger partial charge on any atom is -0.491 e. The second-order valence-corrected chi connectivity index (χ2v) is 3.98. The van der Waals surface area contributed by atoms with E-state index in [4.69, 9.17) is 4.74 Å². The Bertz CT molecular complexity index is 392. The molecule has 0 amide bonds. The van der Waals surface area contributed by atoms with Gasteiger partial charge in [-0.2, -0.15) is 0 Å². The van der Waals surface area contributed by atoms with Gasteiger partial charge in [-0.1, -0.05) is 12.1 Å². The summed E-state index contributed by atoms with van der Waals surface area (Å²) in [5, 5.41) is 0. The number of carbonyl (C=O) groups is 1. The molecule has 0 atom stereocenters. The van der Waals surface area contributed by atoms with Gasteiger partial charge in [0.05, 0.1) is 25.8 Å². The smallest absolute Gasteiger partial charge is 0.307 e. The zero-order valence-electron chi connectivity index (χ0n) is 10.0. The number of nitrogens with zero attached hydrogens (tertiary/aromatic N) is 1. The van der Waals surface area contributed by atoms with Gasteiger partial charge in [0, 0.05) is 13.1 Å². The van der Waals surface area contributed by atoms with Gasteiger partial charge in [0.1, 0.15) is 5.75 Å². The van der Waals surface area contributed by atoms with Crippen molar-refractivity contribution in [3.8, 4) is 5.75 Å². The lowest BCUT2D eigenvalue weighted by molar-refractivity contribution is -0.140. The van der Waals surface area contributed by atoms with Gasteiger partial charge in [0.2, 0.25) is 0 Å². The molecule has 1 aliphatic rings. The van der Waals surface area contributed by atoms with Gasteiger partial charge >= 0.3 is 5.97 Å². The summed E-state index contributed by atoms with van der Waals surface area (Å²) in [4.78, 5) is 13.4. The Morgan fingerprint density at radius 1 is 1.47 bits per heavy atom. The minimum atomic E-state index is -0.173. The van der Waals surface area contributed by atoms with E-state index in [2.05, 4.69) is 9.64 Å². The number of methoxy groups -OCH3 is 1. The molecule has 0 aliphatic carbocycles. The van der Waals surface area contributed by atoms with Crippen molar-refractivity contribution in [2.24, 2.45) is 0 Å². The third kappa shape index (κ3) is 2.90. The third-order valence-corrected chi connectivity index (χ3v) is 2.85. The van der Waals surface area contributed by atoms with E-state index in [-0.39, 0.29) is 5.97 Å². The van der Waals surface area contributed by atoms with Gasteiger partial charge in [-0.25, -0.2) is 0 Å². The van der Waals surface area contributed by atoms with Gasteiger partial charge in [-0.3, -0.25) is 4.79 Å². The molecule has 0 radical (unpaired) electrons. The molecule has 4 nitrogen and oxygen atoms in total. The summed E-state index contributed by atoms with van der Waals surface area (Å²) in [5.41, 5.74) is 1.06. The van der Waals surface area contributed by atoms with E-state index in [9.17, 15) is 4.79 Å². The van der Waals surface area contributed by atoms with Crippen LogP contribution in [0.3, 0.4) is 0 Å². The van der Waals surface area contributed by atoms with Crippen molar-refractivity contribution in [3.63, 3.8) is 0 Å². The molecular formula is C13H17NO3. The first kappa shape index (κ1) is 11.8. The largest absolute Gasteiger partial charge is 0.491 e. The lowest BCUT2D eigenvalue weighted by Crippen LogP contribution is -2.27. The van der Waals surface area contributed by atoms with Crippen molar-refractivity contribution in [3.05, 3.63) is 24.3 Å². The van der Waals surface area contributed by atoms with E-state index in [0.29, 0.717) is 13.0 Å². The molecule has 4 heteroatoms. The average Bonchev–Trinajstić information content (AvgIpc) is 2.58. The predicted molar refractivity (Wildman–Crippen MR) is 65.4 cm³/mol. The highest BCUT2D eigenvalue weighted by Crippen LogP contribution is 2.30. The Morgan fingerprint density at radius 3 is 3.12 bits per heavy atom. The molecule has 0 fully saturated rings. The maximum absolute atomic E-state index is 11.2. The molecule has 0 bridgehead atoms. The molecule has 1 aliphatic heterocycles. The molecule has 0 spiro atoms. The average molecular weight is 235 g/mol. The van der Waals surface area contributed by atoms with Crippen molar-refractivity contribution in [1.82, 2.24) is 0 Å². The van der Waals surface area contributed by atoms with Crippen LogP contribution in [0, 0.1) is 0 Å². The molecule has 2 rings (SSSR count). The lowest BCUT2D eigenvalue weighted by atomic mass is 10.2. The highest BCUT2D eigenvalue weighted by atomic mass is 16.5. The van der Waals surface area contributed by atoms with Crippen molar-refractivity contribution >= 4 is 11.7 Å². The Hall–Kier alpha value is -1.71. The number of para-hydroxylation sites is 2. The molecule has 0 saturated heterocycles. The highest BCUT2D eigenvalue weighted by molar-refractivity contribution is 5.70. The van der Waals surface area contributed by atoms with Crippen LogP contribution in [0.5, 0.6) is 5.75 Å². The monoisotopic (exact) mass is 235 g/mol. The highest BCUT2D eigenvalue weighted by Gasteiger charge is 2.16. The van der Waals surface area contributed by atoms with E-state index in [0.717, 1.165) is 31.0 Å². The van der Waals surface area contributed by atoms with Gasteiger partial charge in [0.25, 0.3) is 0 Å². The normalized spacial score (nSPS) is 14.5. The number of benzene rings is 1. The second kappa shape index (κ2) is 5.57. The van der Waals surface area contributed by atoms with Crippen LogP contribution in [0.25, 0.3) is 0 Å².